The average Bonchev–Trinajstić information content (AvgIpc) is 3.87. The van der Waals surface area contributed by atoms with Gasteiger partial charge in [0.2, 0.25) is 0 Å². The van der Waals surface area contributed by atoms with E-state index in [0.717, 1.165) is 89.4 Å². The molecule has 4 saturated carbocycles. The predicted molar refractivity (Wildman–Crippen MR) is 256 cm³/mol. The van der Waals surface area contributed by atoms with E-state index in [2.05, 4.69) is 56.3 Å². The molecule has 10 atom stereocenters. The number of hydrogen-bond acceptors (Lipinski definition) is 11. The molecule has 2 aromatic heterocycles. The minimum absolute atomic E-state index is 0.0203. The number of allylic oxidation sites excluding steroid dienone is 1. The van der Waals surface area contributed by atoms with Crippen LogP contribution in [0.15, 0.2) is 48.2 Å². The molecule has 4 fully saturated rings. The molecule has 0 aliphatic heterocycles. The number of esters is 2. The molecule has 0 spiro atoms. The molecular weight excluding hydrogens is 837 g/mol. The summed E-state index contributed by atoms with van der Waals surface area (Å²) in [6.45, 7) is 13.1. The topological polar surface area (TPSA) is 138 Å². The zero-order chi connectivity index (χ0) is 45.7. The number of carbonyl (C=O) groups is 3. The van der Waals surface area contributed by atoms with Crippen molar-refractivity contribution < 1.29 is 33.3 Å². The third-order valence-electron chi connectivity index (χ3n) is 16.6. The molecule has 354 valence electrons. The maximum Gasteiger partial charge on any atom is 0.306 e. The molecule has 4 unspecified atom stereocenters. The Morgan fingerprint density at radius 2 is 1.71 bits per heavy atom. The van der Waals surface area contributed by atoms with E-state index < -0.39 is 11.9 Å². The number of fused-ring (bicyclic) bond motifs is 6. The summed E-state index contributed by atoms with van der Waals surface area (Å²) in [6.07, 6.45) is 21.7. The van der Waals surface area contributed by atoms with E-state index in [1.165, 1.54) is 75.3 Å². The highest BCUT2D eigenvalue weighted by Crippen LogP contribution is 2.67. The van der Waals surface area contributed by atoms with Gasteiger partial charge in [-0.1, -0.05) is 83.3 Å². The minimum Gasteiger partial charge on any atom is -0.463 e. The van der Waals surface area contributed by atoms with Gasteiger partial charge in [-0.25, -0.2) is 4.98 Å². The second-order valence-corrected chi connectivity index (χ2v) is 22.0. The summed E-state index contributed by atoms with van der Waals surface area (Å²) in [5.41, 5.74) is 3.49. The van der Waals surface area contributed by atoms with Gasteiger partial charge in [-0.05, 0) is 135 Å². The van der Waals surface area contributed by atoms with E-state index in [1.807, 2.05) is 18.2 Å². The van der Waals surface area contributed by atoms with E-state index in [1.54, 1.807) is 24.8 Å². The molecule has 5 aliphatic rings. The number of ether oxygens (including phenoxy) is 4. The number of nitrogens with one attached hydrogen (secondary N) is 2. The average molecular weight is 911 g/mol. The first-order valence-corrected chi connectivity index (χ1v) is 25.8. The van der Waals surface area contributed by atoms with Crippen molar-refractivity contribution in [2.75, 3.05) is 25.6 Å². The van der Waals surface area contributed by atoms with Crippen LogP contribution in [0.1, 0.15) is 154 Å². The highest BCUT2D eigenvalue weighted by atomic mass is 32.1. The van der Waals surface area contributed by atoms with Gasteiger partial charge in [-0.3, -0.25) is 19.4 Å². The second-order valence-electron chi connectivity index (χ2n) is 21.0. The summed E-state index contributed by atoms with van der Waals surface area (Å²) in [6, 6.07) is 8.86. The van der Waals surface area contributed by atoms with Gasteiger partial charge in [0.1, 0.15) is 29.9 Å². The standard InChI is InChI=1S/C53H74N4O7S/c1-33(2)10-9-11-34(3)40-17-18-41-39-16-14-35-30-36(22-25-52(35,4)42(39)23-26-53(40,41)5)61-28-29-62-48(58)20-21-49(59)64-46-13-8-7-12-43(46)56-51-57-44-19-15-37(32-47(44)65-51)63-38-24-27-55-45(31-38)50(60)54-6/h14-15,19,24,27,31-34,36,39-43,46H,7-13,16-18,20-23,25-26,28-30H2,1-6H3,(H,54,60)(H,56,57)/t34-,36+,39?,40-,41?,42?,43+,46?,52+,53-/m1/s1. The maximum atomic E-state index is 13.0. The van der Waals surface area contributed by atoms with Gasteiger partial charge in [0, 0.05) is 25.4 Å². The van der Waals surface area contributed by atoms with Crippen molar-refractivity contribution in [3.05, 3.63) is 53.9 Å². The summed E-state index contributed by atoms with van der Waals surface area (Å²) < 4.78 is 24.8. The van der Waals surface area contributed by atoms with Crippen LogP contribution in [-0.4, -0.2) is 66.3 Å². The molecular formula is C53H74N4O7S. The van der Waals surface area contributed by atoms with Crippen LogP contribution in [0, 0.1) is 46.3 Å². The molecule has 1 amide bonds. The SMILES string of the molecule is CNC(=O)c1cc(Oc2ccc3nc(N[C@H]4CCCCC4OC(=O)CCC(=O)OCCO[C@H]4CC[C@@]5(C)C(=CCC6C5CC[C@@]5(C)C6CC[C@@H]5[C@H](C)CCCC(C)C)C4)sc3c2)ccn1. The zero-order valence-electron chi connectivity index (χ0n) is 39.8. The van der Waals surface area contributed by atoms with Crippen LogP contribution >= 0.6 is 11.3 Å². The van der Waals surface area contributed by atoms with E-state index in [9.17, 15) is 14.4 Å². The lowest BCUT2D eigenvalue weighted by molar-refractivity contribution is -0.155. The fourth-order valence-corrected chi connectivity index (χ4v) is 14.1. The summed E-state index contributed by atoms with van der Waals surface area (Å²) in [4.78, 5) is 46.6. The largest absolute Gasteiger partial charge is 0.463 e. The number of rotatable bonds is 18. The molecule has 5 aliphatic carbocycles. The van der Waals surface area contributed by atoms with Gasteiger partial charge in [-0.15, -0.1) is 0 Å². The second kappa shape index (κ2) is 20.9. The third-order valence-corrected chi connectivity index (χ3v) is 17.5. The Morgan fingerprint density at radius 3 is 2.54 bits per heavy atom. The monoisotopic (exact) mass is 911 g/mol. The van der Waals surface area contributed by atoms with Gasteiger partial charge in [0.25, 0.3) is 5.91 Å². The number of anilines is 1. The number of aromatic nitrogens is 2. The van der Waals surface area contributed by atoms with Gasteiger partial charge < -0.3 is 29.6 Å². The Balaban J connectivity index is 0.746. The summed E-state index contributed by atoms with van der Waals surface area (Å²) in [5.74, 6) is 5.03. The molecule has 0 radical (unpaired) electrons. The molecule has 2 heterocycles. The Bertz CT molecular complexity index is 2170. The number of carbonyl (C=O) groups excluding carboxylic acids is 3. The normalized spacial score (nSPS) is 30.1. The first-order valence-electron chi connectivity index (χ1n) is 25.0. The Morgan fingerprint density at radius 1 is 0.892 bits per heavy atom. The molecule has 65 heavy (non-hydrogen) atoms. The van der Waals surface area contributed by atoms with Crippen molar-refractivity contribution in [1.82, 2.24) is 15.3 Å². The summed E-state index contributed by atoms with van der Waals surface area (Å²) in [5, 5.41) is 6.83. The first-order chi connectivity index (χ1) is 31.3. The summed E-state index contributed by atoms with van der Waals surface area (Å²) in [7, 11) is 1.56. The van der Waals surface area contributed by atoms with Crippen molar-refractivity contribution >= 4 is 44.5 Å². The van der Waals surface area contributed by atoms with Gasteiger partial charge in [0.05, 0.1) is 41.8 Å². The van der Waals surface area contributed by atoms with Crippen LogP contribution in [0.25, 0.3) is 10.2 Å². The number of nitrogens with zero attached hydrogens (tertiary/aromatic N) is 2. The molecule has 12 heteroatoms. The van der Waals surface area contributed by atoms with Crippen molar-refractivity contribution in [1.29, 1.82) is 0 Å². The van der Waals surface area contributed by atoms with Crippen molar-refractivity contribution in [3.63, 3.8) is 0 Å². The van der Waals surface area contributed by atoms with Crippen LogP contribution in [0.5, 0.6) is 11.5 Å². The van der Waals surface area contributed by atoms with Crippen LogP contribution in [0.2, 0.25) is 0 Å². The molecule has 0 saturated heterocycles. The van der Waals surface area contributed by atoms with Crippen molar-refractivity contribution in [2.24, 2.45) is 46.3 Å². The summed E-state index contributed by atoms with van der Waals surface area (Å²) >= 11 is 1.50. The molecule has 3 aromatic rings. The maximum absolute atomic E-state index is 13.0. The number of pyridine rings is 1. The van der Waals surface area contributed by atoms with Crippen molar-refractivity contribution in [2.45, 2.75) is 162 Å². The van der Waals surface area contributed by atoms with Crippen LogP contribution in [0.4, 0.5) is 5.13 Å². The fraction of sp³-hybridized carbons (Fsp3) is 0.679. The smallest absolute Gasteiger partial charge is 0.306 e. The van der Waals surface area contributed by atoms with Crippen LogP contribution in [-0.2, 0) is 23.8 Å². The quantitative estimate of drug-likeness (QED) is 0.0720. The van der Waals surface area contributed by atoms with E-state index >= 15 is 0 Å². The number of amides is 1. The fourth-order valence-electron chi connectivity index (χ4n) is 13.1. The lowest BCUT2D eigenvalue weighted by atomic mass is 9.47. The Kier molecular flexibility index (Phi) is 15.2. The lowest BCUT2D eigenvalue weighted by Crippen LogP contribution is -2.51. The number of thiazole rings is 1. The highest BCUT2D eigenvalue weighted by molar-refractivity contribution is 7.22. The lowest BCUT2D eigenvalue weighted by Gasteiger charge is -2.58. The zero-order valence-corrected chi connectivity index (χ0v) is 40.6. The number of hydrogen-bond donors (Lipinski definition) is 2. The van der Waals surface area contributed by atoms with Gasteiger partial charge >= 0.3 is 11.9 Å². The van der Waals surface area contributed by atoms with E-state index in [4.69, 9.17) is 23.9 Å². The minimum atomic E-state index is -0.404. The number of benzene rings is 1. The van der Waals surface area contributed by atoms with E-state index in [0.29, 0.717) is 23.5 Å². The molecule has 8 rings (SSSR count). The first kappa shape index (κ1) is 47.5. The van der Waals surface area contributed by atoms with Gasteiger partial charge in [0.15, 0.2) is 5.13 Å². The van der Waals surface area contributed by atoms with Gasteiger partial charge in [-0.2, -0.15) is 0 Å². The Hall–Kier alpha value is -4.03. The molecule has 1 aromatic carbocycles. The molecule has 11 nitrogen and oxygen atoms in total. The predicted octanol–water partition coefficient (Wildman–Crippen LogP) is 11.9. The van der Waals surface area contributed by atoms with Crippen molar-refractivity contribution in [3.8, 4) is 11.5 Å². The van der Waals surface area contributed by atoms with Crippen LogP contribution in [0.3, 0.4) is 0 Å². The van der Waals surface area contributed by atoms with E-state index in [-0.39, 0.29) is 54.7 Å². The highest BCUT2D eigenvalue weighted by Gasteiger charge is 2.59. The molecule has 0 bridgehead atoms. The Labute approximate surface area is 391 Å². The third kappa shape index (κ3) is 10.9. The molecule has 2 N–H and O–H groups in total. The van der Waals surface area contributed by atoms with Crippen LogP contribution < -0.4 is 15.4 Å².